The van der Waals surface area contributed by atoms with Gasteiger partial charge in [0.25, 0.3) is 5.91 Å². The van der Waals surface area contributed by atoms with Gasteiger partial charge in [0.15, 0.2) is 0 Å². The molecule has 1 aromatic heterocycles. The minimum Gasteiger partial charge on any atom is -0.465 e. The molecule has 4 rings (SSSR count). The third-order valence-corrected chi connectivity index (χ3v) is 4.94. The van der Waals surface area contributed by atoms with Crippen molar-refractivity contribution in [3.63, 3.8) is 0 Å². The van der Waals surface area contributed by atoms with E-state index in [1.54, 1.807) is 48.7 Å². The van der Waals surface area contributed by atoms with Crippen LogP contribution in [0.4, 0.5) is 11.5 Å². The number of anilines is 2. The van der Waals surface area contributed by atoms with Crippen LogP contribution in [0.3, 0.4) is 0 Å². The Morgan fingerprint density at radius 1 is 0.935 bits per heavy atom. The number of ether oxygens (including phenoxy) is 2. The lowest BCUT2D eigenvalue weighted by Gasteiger charge is -2.26. The van der Waals surface area contributed by atoms with Crippen LogP contribution < -0.4 is 10.2 Å². The molecule has 1 amide bonds. The Labute approximate surface area is 178 Å². The summed E-state index contributed by atoms with van der Waals surface area (Å²) in [6.07, 6.45) is 1.01. The van der Waals surface area contributed by atoms with Crippen molar-refractivity contribution < 1.29 is 23.9 Å². The first-order valence-corrected chi connectivity index (χ1v) is 9.45. The van der Waals surface area contributed by atoms with Crippen LogP contribution in [-0.4, -0.2) is 37.0 Å². The monoisotopic (exact) mass is 417 g/mol. The fourth-order valence-electron chi connectivity index (χ4n) is 3.53. The third-order valence-electron chi connectivity index (χ3n) is 4.94. The molecular weight excluding hydrogens is 398 g/mol. The Hall–Kier alpha value is -4.20. The predicted molar refractivity (Wildman–Crippen MR) is 113 cm³/mol. The average molecular weight is 417 g/mol. The van der Waals surface area contributed by atoms with Crippen molar-refractivity contribution >= 4 is 29.4 Å². The van der Waals surface area contributed by atoms with Crippen molar-refractivity contribution in [2.45, 2.75) is 6.17 Å². The van der Waals surface area contributed by atoms with Gasteiger partial charge >= 0.3 is 11.9 Å². The average Bonchev–Trinajstić information content (AvgIpc) is 3.09. The third kappa shape index (κ3) is 3.71. The van der Waals surface area contributed by atoms with Crippen molar-refractivity contribution in [3.05, 3.63) is 89.1 Å². The Morgan fingerprint density at radius 2 is 1.58 bits per heavy atom. The minimum absolute atomic E-state index is 0.176. The largest absolute Gasteiger partial charge is 0.465 e. The molecule has 1 aliphatic heterocycles. The summed E-state index contributed by atoms with van der Waals surface area (Å²) in [5.41, 5.74) is 2.09. The fraction of sp³-hybridized carbons (Fsp3) is 0.130. The summed E-state index contributed by atoms with van der Waals surface area (Å²) in [6.45, 7) is 0. The molecule has 0 bridgehead atoms. The zero-order valence-corrected chi connectivity index (χ0v) is 16.9. The molecule has 3 aromatic rings. The van der Waals surface area contributed by atoms with Crippen LogP contribution in [0.25, 0.3) is 0 Å². The van der Waals surface area contributed by atoms with Gasteiger partial charge in [-0.15, -0.1) is 0 Å². The SMILES string of the molecule is COC(=O)c1cc(N[C@@H]2c3ccccc3C(=O)N2c2ccccn2)cc(C(=O)OC)c1. The van der Waals surface area contributed by atoms with E-state index in [0.717, 1.165) is 5.56 Å². The molecule has 0 saturated carbocycles. The Balaban J connectivity index is 1.80. The molecule has 1 atom stereocenters. The maximum Gasteiger partial charge on any atom is 0.337 e. The van der Waals surface area contributed by atoms with Gasteiger partial charge in [0.05, 0.1) is 25.3 Å². The molecule has 156 valence electrons. The van der Waals surface area contributed by atoms with Crippen molar-refractivity contribution in [3.8, 4) is 0 Å². The van der Waals surface area contributed by atoms with Gasteiger partial charge in [-0.25, -0.2) is 14.6 Å². The molecule has 0 unspecified atom stereocenters. The number of fused-ring (bicyclic) bond motifs is 1. The summed E-state index contributed by atoms with van der Waals surface area (Å²) in [7, 11) is 2.52. The number of methoxy groups -OCH3 is 2. The molecule has 31 heavy (non-hydrogen) atoms. The molecular formula is C23H19N3O5. The molecule has 0 spiro atoms. The maximum absolute atomic E-state index is 13.1. The van der Waals surface area contributed by atoms with E-state index in [4.69, 9.17) is 9.47 Å². The van der Waals surface area contributed by atoms with Gasteiger partial charge in [-0.3, -0.25) is 9.69 Å². The summed E-state index contributed by atoms with van der Waals surface area (Å²) in [6, 6.07) is 17.0. The van der Waals surface area contributed by atoms with Crippen LogP contribution in [0, 0.1) is 0 Å². The molecule has 0 fully saturated rings. The molecule has 1 aliphatic rings. The zero-order chi connectivity index (χ0) is 22.0. The normalized spacial score (nSPS) is 14.7. The van der Waals surface area contributed by atoms with Crippen molar-refractivity contribution in [1.82, 2.24) is 4.98 Å². The number of nitrogens with zero attached hydrogens (tertiary/aromatic N) is 2. The molecule has 0 saturated heterocycles. The second-order valence-corrected chi connectivity index (χ2v) is 6.78. The van der Waals surface area contributed by atoms with E-state index in [1.165, 1.54) is 25.2 Å². The van der Waals surface area contributed by atoms with E-state index in [2.05, 4.69) is 10.3 Å². The lowest BCUT2D eigenvalue weighted by molar-refractivity contribution is 0.0599. The molecule has 2 heterocycles. The zero-order valence-electron chi connectivity index (χ0n) is 16.9. The molecule has 8 nitrogen and oxygen atoms in total. The fourth-order valence-corrected chi connectivity index (χ4v) is 3.53. The quantitative estimate of drug-likeness (QED) is 0.635. The number of benzene rings is 2. The number of esters is 2. The topological polar surface area (TPSA) is 97.8 Å². The van der Waals surface area contributed by atoms with E-state index < -0.39 is 18.1 Å². The Bertz CT molecular complexity index is 1130. The number of rotatable bonds is 5. The predicted octanol–water partition coefficient (Wildman–Crippen LogP) is 3.43. The second-order valence-electron chi connectivity index (χ2n) is 6.78. The highest BCUT2D eigenvalue weighted by molar-refractivity contribution is 6.11. The maximum atomic E-state index is 13.1. The number of pyridine rings is 1. The number of nitrogens with one attached hydrogen (secondary N) is 1. The van der Waals surface area contributed by atoms with Gasteiger partial charge in [0.1, 0.15) is 12.0 Å². The summed E-state index contributed by atoms with van der Waals surface area (Å²) >= 11 is 0. The van der Waals surface area contributed by atoms with Gasteiger partial charge in [-0.2, -0.15) is 0 Å². The highest BCUT2D eigenvalue weighted by atomic mass is 16.5. The number of amides is 1. The Kier molecular flexibility index (Phi) is 5.36. The first-order valence-electron chi connectivity index (χ1n) is 9.45. The van der Waals surface area contributed by atoms with E-state index >= 15 is 0 Å². The van der Waals surface area contributed by atoms with Gasteiger partial charge < -0.3 is 14.8 Å². The van der Waals surface area contributed by atoms with Crippen LogP contribution >= 0.6 is 0 Å². The minimum atomic E-state index is -0.600. The lowest BCUT2D eigenvalue weighted by atomic mass is 10.1. The molecule has 0 radical (unpaired) electrons. The van der Waals surface area contributed by atoms with Gasteiger partial charge in [-0.05, 0) is 36.4 Å². The standard InChI is InChI=1S/C23H19N3O5/c1-30-22(28)14-11-15(23(29)31-2)13-16(12-14)25-20-17-7-3-4-8-18(17)21(27)26(20)19-9-5-6-10-24-19/h3-13,20,25H,1-2H3/t20-/m0/s1. The molecule has 2 aromatic carbocycles. The number of carbonyl (C=O) groups excluding carboxylic acids is 3. The van der Waals surface area contributed by atoms with Crippen LogP contribution in [-0.2, 0) is 9.47 Å². The number of hydrogen-bond donors (Lipinski definition) is 1. The number of carbonyl (C=O) groups is 3. The van der Waals surface area contributed by atoms with Crippen molar-refractivity contribution in [1.29, 1.82) is 0 Å². The molecule has 0 aliphatic carbocycles. The highest BCUT2D eigenvalue weighted by Crippen LogP contribution is 2.37. The van der Waals surface area contributed by atoms with Crippen molar-refractivity contribution in [2.75, 3.05) is 24.4 Å². The van der Waals surface area contributed by atoms with Gasteiger partial charge in [0, 0.05) is 23.0 Å². The highest BCUT2D eigenvalue weighted by Gasteiger charge is 2.38. The second kappa shape index (κ2) is 8.27. The van der Waals surface area contributed by atoms with Crippen LogP contribution in [0.2, 0.25) is 0 Å². The smallest absolute Gasteiger partial charge is 0.337 e. The van der Waals surface area contributed by atoms with Crippen molar-refractivity contribution in [2.24, 2.45) is 0 Å². The van der Waals surface area contributed by atoms with Gasteiger partial charge in [0.2, 0.25) is 0 Å². The van der Waals surface area contributed by atoms with Crippen LogP contribution in [0.5, 0.6) is 0 Å². The van der Waals surface area contributed by atoms with Crippen LogP contribution in [0.1, 0.15) is 42.8 Å². The first kappa shape index (κ1) is 20.1. The lowest BCUT2D eigenvalue weighted by Crippen LogP contribution is -2.33. The van der Waals surface area contributed by atoms with E-state index in [1.807, 2.05) is 12.1 Å². The van der Waals surface area contributed by atoms with E-state index in [0.29, 0.717) is 17.1 Å². The summed E-state index contributed by atoms with van der Waals surface area (Å²) in [5.74, 6) is -0.931. The van der Waals surface area contributed by atoms with E-state index in [9.17, 15) is 14.4 Å². The summed E-state index contributed by atoms with van der Waals surface area (Å²) in [5, 5.41) is 3.26. The van der Waals surface area contributed by atoms with E-state index in [-0.39, 0.29) is 17.0 Å². The first-order chi connectivity index (χ1) is 15.0. The molecule has 8 heteroatoms. The number of aromatic nitrogens is 1. The number of hydrogen-bond acceptors (Lipinski definition) is 7. The Morgan fingerprint density at radius 3 is 2.19 bits per heavy atom. The van der Waals surface area contributed by atoms with Crippen LogP contribution in [0.15, 0.2) is 66.9 Å². The summed E-state index contributed by atoms with van der Waals surface area (Å²) < 4.78 is 9.60. The summed E-state index contributed by atoms with van der Waals surface area (Å²) in [4.78, 5) is 43.2. The molecule has 1 N–H and O–H groups in total. The van der Waals surface area contributed by atoms with Gasteiger partial charge in [-0.1, -0.05) is 24.3 Å².